The minimum absolute atomic E-state index is 0.00880. The number of rotatable bonds is 8. The van der Waals surface area contributed by atoms with Crippen molar-refractivity contribution in [1.29, 1.82) is 0 Å². The molecule has 0 aliphatic rings. The lowest BCUT2D eigenvalue weighted by molar-refractivity contribution is -0.126. The van der Waals surface area contributed by atoms with Crippen LogP contribution in [0.1, 0.15) is 102 Å². The van der Waals surface area contributed by atoms with Crippen molar-refractivity contribution in [3.05, 3.63) is 0 Å². The van der Waals surface area contributed by atoms with Gasteiger partial charge in [-0.2, -0.15) is 0 Å². The van der Waals surface area contributed by atoms with Gasteiger partial charge in [-0.3, -0.25) is 9.59 Å². The van der Waals surface area contributed by atoms with Crippen molar-refractivity contribution < 1.29 is 9.59 Å². The van der Waals surface area contributed by atoms with Gasteiger partial charge < -0.3 is 5.32 Å². The lowest BCUT2D eigenvalue weighted by Crippen LogP contribution is -2.40. The van der Waals surface area contributed by atoms with Crippen LogP contribution in [-0.2, 0) is 9.59 Å². The summed E-state index contributed by atoms with van der Waals surface area (Å²) in [5, 5.41) is 3.08. The second-order valence-corrected chi connectivity index (χ2v) is 10.6. The van der Waals surface area contributed by atoms with Crippen molar-refractivity contribution in [3.63, 3.8) is 0 Å². The van der Waals surface area contributed by atoms with Crippen LogP contribution < -0.4 is 5.32 Å². The standard InChI is InChI=1S/C20H39NO2.C2H6/c1-15(22)20(9,10)13-19(7,8)14-21-16(23)11-18(5,6)12-17(2,3)4;1-2/h11-14H2,1-10H3,(H,21,23);1-2H3. The summed E-state index contributed by atoms with van der Waals surface area (Å²) >= 11 is 0. The van der Waals surface area contributed by atoms with Crippen LogP contribution in [0.5, 0.6) is 0 Å². The van der Waals surface area contributed by atoms with Crippen molar-refractivity contribution in [3.8, 4) is 0 Å². The highest BCUT2D eigenvalue weighted by atomic mass is 16.1. The molecule has 0 aromatic carbocycles. The van der Waals surface area contributed by atoms with Gasteiger partial charge in [-0.1, -0.05) is 76.2 Å². The number of Topliss-reactive ketones (excluding diaryl/α,β-unsaturated/α-hetero) is 1. The highest BCUT2D eigenvalue weighted by molar-refractivity contribution is 5.81. The van der Waals surface area contributed by atoms with Crippen LogP contribution in [0.25, 0.3) is 0 Å². The summed E-state index contributed by atoms with van der Waals surface area (Å²) in [5.74, 6) is 0.302. The number of amides is 1. The molecule has 3 heteroatoms. The highest BCUT2D eigenvalue weighted by Crippen LogP contribution is 2.36. The van der Waals surface area contributed by atoms with E-state index in [1.165, 1.54) is 0 Å². The second kappa shape index (κ2) is 9.73. The largest absolute Gasteiger partial charge is 0.356 e. The third-order valence-corrected chi connectivity index (χ3v) is 4.29. The fourth-order valence-electron chi connectivity index (χ4n) is 3.72. The van der Waals surface area contributed by atoms with Gasteiger partial charge in [0, 0.05) is 18.4 Å². The van der Waals surface area contributed by atoms with E-state index in [-0.39, 0.29) is 33.4 Å². The van der Waals surface area contributed by atoms with Crippen molar-refractivity contribution >= 4 is 11.7 Å². The molecule has 0 radical (unpaired) electrons. The maximum Gasteiger partial charge on any atom is 0.220 e. The fourth-order valence-corrected chi connectivity index (χ4v) is 3.72. The molecule has 0 aliphatic carbocycles. The van der Waals surface area contributed by atoms with Crippen molar-refractivity contribution in [2.24, 2.45) is 21.7 Å². The van der Waals surface area contributed by atoms with Crippen LogP contribution in [0.15, 0.2) is 0 Å². The van der Waals surface area contributed by atoms with Crippen LogP contribution in [0, 0.1) is 21.7 Å². The molecule has 0 aromatic rings. The zero-order valence-corrected chi connectivity index (χ0v) is 19.1. The molecule has 0 spiro atoms. The van der Waals surface area contributed by atoms with Gasteiger partial charge in [-0.25, -0.2) is 0 Å². The first kappa shape index (κ1) is 26.4. The Morgan fingerprint density at radius 3 is 1.56 bits per heavy atom. The normalized spacial score (nSPS) is 13.0. The molecule has 0 saturated heterocycles. The Bertz CT molecular complexity index is 426. The molecule has 0 bridgehead atoms. The third-order valence-electron chi connectivity index (χ3n) is 4.29. The van der Waals surface area contributed by atoms with E-state index in [2.05, 4.69) is 53.8 Å². The Hall–Kier alpha value is -0.860. The Balaban J connectivity index is 0. The Kier molecular flexibility index (Phi) is 10.3. The molecule has 0 atom stereocenters. The summed E-state index contributed by atoms with van der Waals surface area (Å²) in [6.45, 7) is 25.4. The number of carbonyl (C=O) groups excluding carboxylic acids is 2. The van der Waals surface area contributed by atoms with E-state index < -0.39 is 0 Å². The lowest BCUT2D eigenvalue weighted by Gasteiger charge is -2.35. The van der Waals surface area contributed by atoms with Gasteiger partial charge in [-0.05, 0) is 36.0 Å². The zero-order valence-electron chi connectivity index (χ0n) is 19.1. The summed E-state index contributed by atoms with van der Waals surface area (Å²) in [5.41, 5.74) is -0.238. The molecule has 1 N–H and O–H groups in total. The molecule has 0 aliphatic heterocycles. The molecule has 0 aromatic heterocycles. The molecule has 1 amide bonds. The van der Waals surface area contributed by atoms with E-state index in [9.17, 15) is 9.59 Å². The van der Waals surface area contributed by atoms with Crippen LogP contribution in [0.3, 0.4) is 0 Å². The summed E-state index contributed by atoms with van der Waals surface area (Å²) in [6.07, 6.45) is 2.31. The number of hydrogen-bond acceptors (Lipinski definition) is 2. The van der Waals surface area contributed by atoms with Crippen LogP contribution >= 0.6 is 0 Å². The molecule has 0 rings (SSSR count). The monoisotopic (exact) mass is 355 g/mol. The third kappa shape index (κ3) is 13.1. The van der Waals surface area contributed by atoms with E-state index in [0.717, 1.165) is 12.8 Å². The average molecular weight is 356 g/mol. The second-order valence-electron chi connectivity index (χ2n) is 10.6. The Morgan fingerprint density at radius 1 is 0.760 bits per heavy atom. The van der Waals surface area contributed by atoms with E-state index >= 15 is 0 Å². The van der Waals surface area contributed by atoms with E-state index in [0.29, 0.717) is 13.0 Å². The van der Waals surface area contributed by atoms with E-state index in [1.807, 2.05) is 27.7 Å². The topological polar surface area (TPSA) is 46.2 Å². The smallest absolute Gasteiger partial charge is 0.220 e. The summed E-state index contributed by atoms with van der Waals surface area (Å²) in [7, 11) is 0. The van der Waals surface area contributed by atoms with Crippen LogP contribution in [0.4, 0.5) is 0 Å². The van der Waals surface area contributed by atoms with Crippen LogP contribution in [0.2, 0.25) is 0 Å². The molecule has 150 valence electrons. The van der Waals surface area contributed by atoms with E-state index in [4.69, 9.17) is 0 Å². The quantitative estimate of drug-likeness (QED) is 0.579. The Morgan fingerprint density at radius 2 is 1.20 bits per heavy atom. The zero-order chi connectivity index (χ0) is 20.7. The van der Waals surface area contributed by atoms with Gasteiger partial charge >= 0.3 is 0 Å². The fraction of sp³-hybridized carbons (Fsp3) is 0.909. The van der Waals surface area contributed by atoms with Gasteiger partial charge in [0.05, 0.1) is 0 Å². The number of carbonyl (C=O) groups is 2. The minimum atomic E-state index is -0.347. The maximum atomic E-state index is 12.3. The summed E-state index contributed by atoms with van der Waals surface area (Å²) in [4.78, 5) is 24.0. The number of hydrogen-bond donors (Lipinski definition) is 1. The van der Waals surface area contributed by atoms with Gasteiger partial charge in [0.15, 0.2) is 0 Å². The van der Waals surface area contributed by atoms with E-state index in [1.54, 1.807) is 6.92 Å². The van der Waals surface area contributed by atoms with Crippen molar-refractivity contribution in [2.75, 3.05) is 6.54 Å². The highest BCUT2D eigenvalue weighted by Gasteiger charge is 2.33. The first-order valence-electron chi connectivity index (χ1n) is 9.74. The van der Waals surface area contributed by atoms with Crippen molar-refractivity contribution in [1.82, 2.24) is 5.32 Å². The average Bonchev–Trinajstić information content (AvgIpc) is 2.34. The maximum absolute atomic E-state index is 12.3. The molecule has 0 unspecified atom stereocenters. The first-order chi connectivity index (χ1) is 11.0. The summed E-state index contributed by atoms with van der Waals surface area (Å²) < 4.78 is 0. The SMILES string of the molecule is CC.CC(=O)C(C)(C)CC(C)(C)CNC(=O)CC(C)(C)CC(C)(C)C. The lowest BCUT2D eigenvalue weighted by atomic mass is 9.72. The molecule has 0 saturated carbocycles. The van der Waals surface area contributed by atoms with Gasteiger partial charge in [-0.15, -0.1) is 0 Å². The minimum Gasteiger partial charge on any atom is -0.356 e. The van der Waals surface area contributed by atoms with Gasteiger partial charge in [0.2, 0.25) is 5.91 Å². The predicted molar refractivity (Wildman–Crippen MR) is 110 cm³/mol. The first-order valence-corrected chi connectivity index (χ1v) is 9.74. The Labute approximate surface area is 157 Å². The number of ketones is 1. The van der Waals surface area contributed by atoms with Crippen molar-refractivity contribution in [2.45, 2.75) is 102 Å². The van der Waals surface area contributed by atoms with Crippen LogP contribution in [-0.4, -0.2) is 18.2 Å². The van der Waals surface area contributed by atoms with Gasteiger partial charge in [0.25, 0.3) is 0 Å². The molecule has 25 heavy (non-hydrogen) atoms. The predicted octanol–water partition coefficient (Wildman–Crippen LogP) is 6.01. The molecule has 0 fully saturated rings. The van der Waals surface area contributed by atoms with Gasteiger partial charge in [0.1, 0.15) is 5.78 Å². The summed E-state index contributed by atoms with van der Waals surface area (Å²) in [6, 6.07) is 0. The molecular weight excluding hydrogens is 310 g/mol. The number of nitrogens with one attached hydrogen (secondary N) is 1. The molecule has 3 nitrogen and oxygen atoms in total. The molecular formula is C22H45NO2. The molecule has 0 heterocycles.